The van der Waals surface area contributed by atoms with Crippen molar-refractivity contribution in [3.8, 4) is 5.75 Å². The highest BCUT2D eigenvalue weighted by molar-refractivity contribution is 6.24. The van der Waals surface area contributed by atoms with Gasteiger partial charge in [0.2, 0.25) is 23.1 Å². The minimum Gasteiger partial charge on any atom is -0.494 e. The summed E-state index contributed by atoms with van der Waals surface area (Å²) < 4.78 is 16.1. The highest BCUT2D eigenvalue weighted by atomic mass is 16.5. The number of carbonyl (C=O) groups excluding carboxylic acids is 2. The molecular formula is C23H29NO5. The van der Waals surface area contributed by atoms with E-state index in [9.17, 15) is 9.59 Å². The van der Waals surface area contributed by atoms with Gasteiger partial charge < -0.3 is 19.1 Å². The van der Waals surface area contributed by atoms with Gasteiger partial charge in [0.1, 0.15) is 5.75 Å². The van der Waals surface area contributed by atoms with E-state index in [1.807, 2.05) is 26.2 Å². The maximum atomic E-state index is 12.6. The number of ketones is 2. The van der Waals surface area contributed by atoms with Gasteiger partial charge in [0.15, 0.2) is 0 Å². The minimum absolute atomic E-state index is 0.0259. The maximum Gasteiger partial charge on any atom is 0.228 e. The van der Waals surface area contributed by atoms with Gasteiger partial charge in [-0.1, -0.05) is 12.1 Å². The fourth-order valence-electron chi connectivity index (χ4n) is 4.03. The topological polar surface area (TPSA) is 65.1 Å². The molecule has 6 heteroatoms. The van der Waals surface area contributed by atoms with E-state index in [1.165, 1.54) is 19.8 Å². The van der Waals surface area contributed by atoms with Crippen LogP contribution in [0.3, 0.4) is 0 Å². The van der Waals surface area contributed by atoms with Crippen LogP contribution >= 0.6 is 0 Å². The minimum atomic E-state index is -0.212. The Morgan fingerprint density at radius 3 is 1.97 bits per heavy atom. The van der Waals surface area contributed by atoms with Crippen LogP contribution in [0.2, 0.25) is 0 Å². The number of rotatable bonds is 9. The second-order valence-corrected chi connectivity index (χ2v) is 7.83. The molecule has 0 amide bonds. The van der Waals surface area contributed by atoms with Crippen molar-refractivity contribution >= 4 is 11.6 Å². The van der Waals surface area contributed by atoms with Crippen molar-refractivity contribution in [2.45, 2.75) is 32.2 Å². The molecule has 0 radical (unpaired) electrons. The fraction of sp³-hybridized carbons (Fsp3) is 0.478. The van der Waals surface area contributed by atoms with Gasteiger partial charge in [0, 0.05) is 17.7 Å². The van der Waals surface area contributed by atoms with Gasteiger partial charge in [-0.3, -0.25) is 9.59 Å². The normalized spacial score (nSPS) is 17.3. The third kappa shape index (κ3) is 4.70. The summed E-state index contributed by atoms with van der Waals surface area (Å²) in [5.74, 6) is 0.760. The van der Waals surface area contributed by atoms with Crippen molar-refractivity contribution in [2.24, 2.45) is 5.92 Å². The third-order valence-corrected chi connectivity index (χ3v) is 5.37. The Morgan fingerprint density at radius 2 is 1.48 bits per heavy atom. The molecule has 0 N–H and O–H groups in total. The van der Waals surface area contributed by atoms with Crippen LogP contribution in [0.5, 0.6) is 5.75 Å². The molecule has 0 fully saturated rings. The number of benzene rings is 1. The van der Waals surface area contributed by atoms with Crippen LogP contribution in [0, 0.1) is 5.92 Å². The lowest BCUT2D eigenvalue weighted by molar-refractivity contribution is -0.121. The summed E-state index contributed by atoms with van der Waals surface area (Å²) in [5.41, 5.74) is 2.43. The Hall–Kier alpha value is -2.60. The van der Waals surface area contributed by atoms with Gasteiger partial charge in [-0.25, -0.2) is 0 Å². The first-order valence-electron chi connectivity index (χ1n) is 9.94. The Labute approximate surface area is 172 Å². The van der Waals surface area contributed by atoms with E-state index in [0.717, 1.165) is 25.1 Å². The van der Waals surface area contributed by atoms with Crippen molar-refractivity contribution in [3.63, 3.8) is 0 Å². The van der Waals surface area contributed by atoms with Gasteiger partial charge in [0.25, 0.3) is 0 Å². The molecule has 0 spiro atoms. The monoisotopic (exact) mass is 399 g/mol. The summed E-state index contributed by atoms with van der Waals surface area (Å²) in [6.07, 6.45) is 3.00. The Kier molecular flexibility index (Phi) is 6.75. The van der Waals surface area contributed by atoms with Crippen molar-refractivity contribution in [1.29, 1.82) is 0 Å². The van der Waals surface area contributed by atoms with Gasteiger partial charge in [-0.15, -0.1) is 0 Å². The van der Waals surface area contributed by atoms with Gasteiger partial charge in [-0.05, 0) is 63.4 Å². The first-order valence-corrected chi connectivity index (χ1v) is 9.94. The Morgan fingerprint density at radius 1 is 0.931 bits per heavy atom. The van der Waals surface area contributed by atoms with Gasteiger partial charge in [0.05, 0.1) is 20.8 Å². The Bertz CT molecular complexity index is 797. The number of nitrogens with zero attached hydrogens (tertiary/aromatic N) is 1. The lowest BCUT2D eigenvalue weighted by atomic mass is 9.94. The molecule has 0 unspecified atom stereocenters. The van der Waals surface area contributed by atoms with E-state index in [1.54, 1.807) is 0 Å². The van der Waals surface area contributed by atoms with Crippen molar-refractivity contribution in [2.75, 3.05) is 34.9 Å². The van der Waals surface area contributed by atoms with Crippen LogP contribution in [-0.4, -0.2) is 51.4 Å². The molecule has 0 atom stereocenters. The fourth-order valence-corrected chi connectivity index (χ4v) is 4.03. The quantitative estimate of drug-likeness (QED) is 0.469. The number of allylic oxidation sites excluding steroid dienone is 2. The first-order chi connectivity index (χ1) is 13.9. The first kappa shape index (κ1) is 21.1. The van der Waals surface area contributed by atoms with Crippen LogP contribution in [0.25, 0.3) is 0 Å². The number of Topliss-reactive ketones (excluding diaryl/α,β-unsaturated/α-hetero) is 2. The van der Waals surface area contributed by atoms with E-state index in [-0.39, 0.29) is 29.0 Å². The summed E-state index contributed by atoms with van der Waals surface area (Å²) in [6, 6.07) is 8.15. The molecule has 6 nitrogen and oxygen atoms in total. The number of methoxy groups -OCH3 is 2. The molecule has 3 rings (SSSR count). The van der Waals surface area contributed by atoms with E-state index in [2.05, 4.69) is 17.0 Å². The maximum absolute atomic E-state index is 12.6. The number of hydrogen-bond acceptors (Lipinski definition) is 6. The zero-order valence-corrected chi connectivity index (χ0v) is 17.6. The van der Waals surface area contributed by atoms with E-state index in [0.29, 0.717) is 30.6 Å². The summed E-state index contributed by atoms with van der Waals surface area (Å²) in [7, 11) is 6.87. The zero-order chi connectivity index (χ0) is 21.0. The standard InChI is InChI=1S/C23H29NO5/c1-24(2)14-15-7-9-17(10-8-15)29-11-5-6-16-12-18-19(13-16)21(26)23(28-4)22(27-3)20(18)25/h7-10,16H,5-6,11-14H2,1-4H3. The SMILES string of the molecule is COC1=C(OC)C(=O)C2=C(CC(CCCOc3ccc(CN(C)C)cc3)C2)C1=O. The van der Waals surface area contributed by atoms with Crippen LogP contribution in [0.1, 0.15) is 31.2 Å². The van der Waals surface area contributed by atoms with Crippen molar-refractivity contribution in [3.05, 3.63) is 52.5 Å². The molecule has 0 bridgehead atoms. The Balaban J connectivity index is 1.47. The zero-order valence-electron chi connectivity index (χ0n) is 17.6. The van der Waals surface area contributed by atoms with Crippen LogP contribution in [-0.2, 0) is 25.6 Å². The average molecular weight is 399 g/mol. The molecule has 0 aliphatic heterocycles. The summed E-state index contributed by atoms with van der Waals surface area (Å²) in [5, 5.41) is 0. The summed E-state index contributed by atoms with van der Waals surface area (Å²) in [4.78, 5) is 27.3. The van der Waals surface area contributed by atoms with Crippen LogP contribution < -0.4 is 4.74 Å². The van der Waals surface area contributed by atoms with E-state index < -0.39 is 0 Å². The molecule has 0 aromatic heterocycles. The molecule has 156 valence electrons. The smallest absolute Gasteiger partial charge is 0.228 e. The summed E-state index contributed by atoms with van der Waals surface area (Å²) in [6.45, 7) is 1.52. The number of carbonyl (C=O) groups is 2. The van der Waals surface area contributed by atoms with Crippen LogP contribution in [0.4, 0.5) is 0 Å². The summed E-state index contributed by atoms with van der Waals surface area (Å²) >= 11 is 0. The number of ether oxygens (including phenoxy) is 3. The molecule has 1 aromatic carbocycles. The number of hydrogen-bond donors (Lipinski definition) is 0. The molecule has 0 saturated heterocycles. The second kappa shape index (κ2) is 9.27. The van der Waals surface area contributed by atoms with Gasteiger partial charge >= 0.3 is 0 Å². The molecule has 0 saturated carbocycles. The second-order valence-electron chi connectivity index (χ2n) is 7.83. The molecule has 29 heavy (non-hydrogen) atoms. The highest BCUT2D eigenvalue weighted by Gasteiger charge is 2.41. The predicted octanol–water partition coefficient (Wildman–Crippen LogP) is 3.27. The average Bonchev–Trinajstić information content (AvgIpc) is 3.13. The molecule has 0 heterocycles. The van der Waals surface area contributed by atoms with Crippen molar-refractivity contribution < 1.29 is 23.8 Å². The lowest BCUT2D eigenvalue weighted by Crippen LogP contribution is -2.23. The predicted molar refractivity (Wildman–Crippen MR) is 109 cm³/mol. The molecule has 2 aliphatic rings. The lowest BCUT2D eigenvalue weighted by Gasteiger charge is -2.17. The third-order valence-electron chi connectivity index (χ3n) is 5.37. The largest absolute Gasteiger partial charge is 0.494 e. The molecule has 1 aromatic rings. The van der Waals surface area contributed by atoms with Crippen LogP contribution in [0.15, 0.2) is 46.9 Å². The van der Waals surface area contributed by atoms with E-state index >= 15 is 0 Å². The highest BCUT2D eigenvalue weighted by Crippen LogP contribution is 2.41. The van der Waals surface area contributed by atoms with Gasteiger partial charge in [-0.2, -0.15) is 0 Å². The van der Waals surface area contributed by atoms with E-state index in [4.69, 9.17) is 14.2 Å². The molecule has 2 aliphatic carbocycles. The molecular weight excluding hydrogens is 370 g/mol. The van der Waals surface area contributed by atoms with Crippen molar-refractivity contribution in [1.82, 2.24) is 4.90 Å².